The zero-order valence-corrected chi connectivity index (χ0v) is 27.9. The molecule has 0 unspecified atom stereocenters. The Kier molecular flexibility index (Phi) is 10.9. The van der Waals surface area contributed by atoms with Crippen LogP contribution in [0.15, 0.2) is 33.9 Å². The Balaban J connectivity index is 0.000000236. The molecule has 0 radical (unpaired) electrons. The van der Waals surface area contributed by atoms with Crippen molar-refractivity contribution in [1.82, 2.24) is 19.6 Å². The Morgan fingerprint density at radius 2 is 0.907 bits per heavy atom. The van der Waals surface area contributed by atoms with Gasteiger partial charge in [-0.1, -0.05) is 70.0 Å². The van der Waals surface area contributed by atoms with E-state index in [1.807, 2.05) is 6.92 Å². The summed E-state index contributed by atoms with van der Waals surface area (Å²) in [6.07, 6.45) is 4.31. The second-order valence-corrected chi connectivity index (χ2v) is 11.3. The first-order valence-electron chi connectivity index (χ1n) is 15.4. The topological polar surface area (TPSA) is 90.0 Å². The molecule has 2 heterocycles. The van der Waals surface area contributed by atoms with E-state index in [0.717, 1.165) is 71.2 Å². The van der Waals surface area contributed by atoms with E-state index in [-0.39, 0.29) is 16.9 Å². The molecule has 43 heavy (non-hydrogen) atoms. The number of hydrogen-bond donors (Lipinski definition) is 1. The van der Waals surface area contributed by atoms with Gasteiger partial charge in [-0.05, 0) is 98.7 Å². The van der Waals surface area contributed by atoms with Crippen LogP contribution in [0.4, 0.5) is 0 Å². The van der Waals surface area contributed by atoms with Crippen molar-refractivity contribution in [3.8, 4) is 28.0 Å². The highest BCUT2D eigenvalue weighted by Crippen LogP contribution is 2.35. The van der Waals surface area contributed by atoms with Gasteiger partial charge in [0.2, 0.25) is 0 Å². The van der Waals surface area contributed by atoms with Crippen LogP contribution in [0.2, 0.25) is 0 Å². The molecule has 4 rings (SSSR count). The van der Waals surface area contributed by atoms with Gasteiger partial charge in [-0.25, -0.2) is 9.36 Å². The highest BCUT2D eigenvalue weighted by molar-refractivity contribution is 5.77. The van der Waals surface area contributed by atoms with E-state index in [2.05, 4.69) is 82.9 Å². The number of benzene rings is 2. The van der Waals surface area contributed by atoms with Crippen LogP contribution < -0.4 is 11.1 Å². The first-order valence-corrected chi connectivity index (χ1v) is 15.4. The molecule has 2 aromatic heterocycles. The monoisotopic (exact) mass is 584 g/mol. The van der Waals surface area contributed by atoms with Crippen LogP contribution in [0.1, 0.15) is 85.0 Å². The molecule has 2 aromatic carbocycles. The average molecular weight is 585 g/mol. The largest absolute Gasteiger partial charge is 0.505 e. The summed E-state index contributed by atoms with van der Waals surface area (Å²) in [5.74, 6) is -0.00801. The second kappa shape index (κ2) is 14.0. The molecule has 7 heteroatoms. The maximum atomic E-state index is 12.8. The third kappa shape index (κ3) is 6.66. The highest BCUT2D eigenvalue weighted by Gasteiger charge is 2.21. The fourth-order valence-corrected chi connectivity index (χ4v) is 6.12. The molecule has 4 aromatic rings. The summed E-state index contributed by atoms with van der Waals surface area (Å²) >= 11 is 0. The standard InChI is InChI=1S/C19H26N2O.C17H22N2O2/c1-7-14-10-12(4)11-15(8-2)17(14)18-16(9-3)13(5)20-21(6)19(18)22;1-6-12-8-10(3)9-13(7-2)14(12)15-16(20)11(4)18-19(5)17(15)21/h10-11H,7-9H2,1-6H3;8-9,20H,6-7H2,1-5H3. The van der Waals surface area contributed by atoms with Crippen LogP contribution in [0.25, 0.3) is 22.3 Å². The van der Waals surface area contributed by atoms with Gasteiger partial charge in [0.05, 0.1) is 16.8 Å². The van der Waals surface area contributed by atoms with Crippen LogP contribution in [0.5, 0.6) is 5.75 Å². The first kappa shape index (κ1) is 33.5. The molecule has 0 spiro atoms. The lowest BCUT2D eigenvalue weighted by Gasteiger charge is -2.18. The second-order valence-electron chi connectivity index (χ2n) is 11.3. The van der Waals surface area contributed by atoms with Gasteiger partial charge in [0.1, 0.15) is 5.69 Å². The molecule has 0 fully saturated rings. The van der Waals surface area contributed by atoms with Crippen molar-refractivity contribution in [1.29, 1.82) is 0 Å². The van der Waals surface area contributed by atoms with E-state index in [4.69, 9.17) is 0 Å². The molecule has 0 aliphatic rings. The van der Waals surface area contributed by atoms with Crippen LogP contribution in [0.3, 0.4) is 0 Å². The summed E-state index contributed by atoms with van der Waals surface area (Å²) in [5.41, 5.74) is 12.6. The summed E-state index contributed by atoms with van der Waals surface area (Å²) < 4.78 is 2.77. The van der Waals surface area contributed by atoms with E-state index < -0.39 is 0 Å². The molecule has 0 aliphatic heterocycles. The van der Waals surface area contributed by atoms with Crippen molar-refractivity contribution in [2.75, 3.05) is 0 Å². The zero-order chi connectivity index (χ0) is 32.2. The minimum atomic E-state index is -0.258. The van der Waals surface area contributed by atoms with Gasteiger partial charge in [-0.2, -0.15) is 10.2 Å². The minimum absolute atomic E-state index is 0.00801. The summed E-state index contributed by atoms with van der Waals surface area (Å²) in [7, 11) is 3.35. The summed E-state index contributed by atoms with van der Waals surface area (Å²) in [6, 6.07) is 8.60. The number of aromatic nitrogens is 4. The number of aryl methyl sites for hydroxylation is 10. The molecule has 0 amide bonds. The van der Waals surface area contributed by atoms with E-state index in [1.165, 1.54) is 31.6 Å². The van der Waals surface area contributed by atoms with Crippen LogP contribution >= 0.6 is 0 Å². The Morgan fingerprint density at radius 3 is 1.28 bits per heavy atom. The SMILES string of the molecule is CCc1cc(C)cc(CC)c1-c1c(CC)c(C)nn(C)c1=O.CCc1cc(C)cc(CC)c1-c1c(O)c(C)nn(C)c1=O. The van der Waals surface area contributed by atoms with Crippen molar-refractivity contribution in [2.24, 2.45) is 14.1 Å². The van der Waals surface area contributed by atoms with Crippen molar-refractivity contribution in [2.45, 2.75) is 94.4 Å². The van der Waals surface area contributed by atoms with Gasteiger partial charge in [-0.15, -0.1) is 0 Å². The molecule has 0 atom stereocenters. The molecule has 1 N–H and O–H groups in total. The van der Waals surface area contributed by atoms with Crippen molar-refractivity contribution < 1.29 is 5.11 Å². The molecule has 0 saturated heterocycles. The Bertz CT molecular complexity index is 1710. The lowest BCUT2D eigenvalue weighted by molar-refractivity contribution is 0.460. The van der Waals surface area contributed by atoms with Crippen LogP contribution in [0, 0.1) is 27.7 Å². The average Bonchev–Trinajstić information content (AvgIpc) is 2.98. The third-order valence-electron chi connectivity index (χ3n) is 8.20. The van der Waals surface area contributed by atoms with Gasteiger partial charge < -0.3 is 5.11 Å². The van der Waals surface area contributed by atoms with E-state index in [9.17, 15) is 14.7 Å². The lowest BCUT2D eigenvalue weighted by atomic mass is 9.87. The summed E-state index contributed by atoms with van der Waals surface area (Å²) in [4.78, 5) is 25.3. The molecular formula is C36H48N4O3. The number of aromatic hydroxyl groups is 1. The van der Waals surface area contributed by atoms with E-state index in [0.29, 0.717) is 11.3 Å². The molecule has 0 aliphatic carbocycles. The fourth-order valence-electron chi connectivity index (χ4n) is 6.12. The number of hydrogen-bond acceptors (Lipinski definition) is 5. The van der Waals surface area contributed by atoms with Gasteiger partial charge in [0.25, 0.3) is 11.1 Å². The van der Waals surface area contributed by atoms with Crippen molar-refractivity contribution in [3.05, 3.63) is 95.3 Å². The smallest absolute Gasteiger partial charge is 0.278 e. The lowest BCUT2D eigenvalue weighted by Crippen LogP contribution is -2.25. The van der Waals surface area contributed by atoms with Crippen molar-refractivity contribution >= 4 is 0 Å². The predicted octanol–water partition coefficient (Wildman–Crippen LogP) is 6.65. The van der Waals surface area contributed by atoms with Gasteiger partial charge in [0.15, 0.2) is 5.75 Å². The minimum Gasteiger partial charge on any atom is -0.505 e. The molecule has 7 nitrogen and oxygen atoms in total. The molecule has 0 saturated carbocycles. The quantitative estimate of drug-likeness (QED) is 0.263. The van der Waals surface area contributed by atoms with Gasteiger partial charge in [0, 0.05) is 14.1 Å². The van der Waals surface area contributed by atoms with Crippen LogP contribution in [-0.2, 0) is 46.2 Å². The third-order valence-corrected chi connectivity index (χ3v) is 8.20. The number of nitrogens with zero attached hydrogens (tertiary/aromatic N) is 4. The number of rotatable bonds is 7. The molecule has 0 bridgehead atoms. The van der Waals surface area contributed by atoms with Gasteiger partial charge in [-0.3, -0.25) is 9.59 Å². The van der Waals surface area contributed by atoms with Crippen LogP contribution in [-0.4, -0.2) is 24.7 Å². The van der Waals surface area contributed by atoms with Gasteiger partial charge >= 0.3 is 0 Å². The van der Waals surface area contributed by atoms with E-state index in [1.54, 1.807) is 21.0 Å². The maximum Gasteiger partial charge on any atom is 0.278 e. The molecule has 230 valence electrons. The maximum absolute atomic E-state index is 12.8. The zero-order valence-electron chi connectivity index (χ0n) is 27.9. The van der Waals surface area contributed by atoms with Crippen molar-refractivity contribution in [3.63, 3.8) is 0 Å². The van der Waals surface area contributed by atoms with E-state index >= 15 is 0 Å². The fraction of sp³-hybridized carbons (Fsp3) is 0.444. The first-order chi connectivity index (χ1) is 20.3. The predicted molar refractivity (Wildman–Crippen MR) is 177 cm³/mol. The highest BCUT2D eigenvalue weighted by atomic mass is 16.3. The molecular weight excluding hydrogens is 536 g/mol. The Labute approximate surface area is 256 Å². The summed E-state index contributed by atoms with van der Waals surface area (Å²) in [5, 5.41) is 18.8. The normalized spacial score (nSPS) is 11.0. The summed E-state index contributed by atoms with van der Waals surface area (Å²) in [6.45, 7) is 18.4. The Morgan fingerprint density at radius 1 is 0.558 bits per heavy atom. The Hall–Kier alpha value is -4.00.